The van der Waals surface area contributed by atoms with Crippen molar-refractivity contribution < 1.29 is 27.8 Å². The van der Waals surface area contributed by atoms with Crippen molar-refractivity contribution in [2.75, 3.05) is 5.32 Å². The number of aromatic nitrogens is 1. The quantitative estimate of drug-likeness (QED) is 0.634. The SMILES string of the molecule is Cc1ccnc(C(=O)Nc2ccc(OCc3ccc(C(F)(F)F)cc3)cc2)c1O. The van der Waals surface area contributed by atoms with Crippen molar-refractivity contribution in [3.63, 3.8) is 0 Å². The molecule has 1 amide bonds. The van der Waals surface area contributed by atoms with E-state index in [-0.39, 0.29) is 18.1 Å². The van der Waals surface area contributed by atoms with Crippen molar-refractivity contribution in [1.29, 1.82) is 0 Å². The van der Waals surface area contributed by atoms with Crippen LogP contribution in [0, 0.1) is 6.92 Å². The molecule has 0 aliphatic carbocycles. The minimum Gasteiger partial charge on any atom is -0.505 e. The van der Waals surface area contributed by atoms with Crippen LogP contribution in [0.3, 0.4) is 0 Å². The van der Waals surface area contributed by atoms with Gasteiger partial charge in [-0.15, -0.1) is 0 Å². The number of amides is 1. The Hall–Kier alpha value is -3.55. The number of anilines is 1. The molecule has 0 saturated heterocycles. The first-order valence-corrected chi connectivity index (χ1v) is 8.59. The number of nitrogens with one attached hydrogen (secondary N) is 1. The third kappa shape index (κ3) is 5.04. The number of benzene rings is 2. The van der Waals surface area contributed by atoms with Crippen LogP contribution in [-0.4, -0.2) is 16.0 Å². The predicted molar refractivity (Wildman–Crippen MR) is 101 cm³/mol. The molecule has 0 radical (unpaired) electrons. The van der Waals surface area contributed by atoms with E-state index in [9.17, 15) is 23.1 Å². The largest absolute Gasteiger partial charge is 0.505 e. The molecule has 3 aromatic rings. The zero-order valence-electron chi connectivity index (χ0n) is 15.3. The van der Waals surface area contributed by atoms with Gasteiger partial charge in [0.15, 0.2) is 5.69 Å². The maximum Gasteiger partial charge on any atom is 0.416 e. The fraction of sp³-hybridized carbons (Fsp3) is 0.143. The highest BCUT2D eigenvalue weighted by molar-refractivity contribution is 6.04. The molecule has 0 spiro atoms. The van der Waals surface area contributed by atoms with Crippen LogP contribution in [0.5, 0.6) is 11.5 Å². The van der Waals surface area contributed by atoms with Crippen molar-refractivity contribution in [3.05, 3.63) is 83.2 Å². The minimum atomic E-state index is -4.37. The summed E-state index contributed by atoms with van der Waals surface area (Å²) >= 11 is 0. The van der Waals surface area contributed by atoms with E-state index < -0.39 is 17.6 Å². The molecule has 150 valence electrons. The number of hydrogen-bond donors (Lipinski definition) is 2. The average molecular weight is 402 g/mol. The smallest absolute Gasteiger partial charge is 0.416 e. The summed E-state index contributed by atoms with van der Waals surface area (Å²) in [5.41, 5.74) is 0.816. The standard InChI is InChI=1S/C21H17F3N2O3/c1-13-10-11-25-18(19(13)27)20(28)26-16-6-8-17(9-7-16)29-12-14-2-4-15(5-3-14)21(22,23)24/h2-11,27H,12H2,1H3,(H,26,28). The van der Waals surface area contributed by atoms with Gasteiger partial charge in [-0.3, -0.25) is 4.79 Å². The topological polar surface area (TPSA) is 71.5 Å². The second kappa shape index (κ2) is 8.22. The molecule has 2 aromatic carbocycles. The summed E-state index contributed by atoms with van der Waals surface area (Å²) in [6.45, 7) is 1.77. The van der Waals surface area contributed by atoms with Crippen LogP contribution < -0.4 is 10.1 Å². The van der Waals surface area contributed by atoms with Gasteiger partial charge in [0.05, 0.1) is 5.56 Å². The zero-order chi connectivity index (χ0) is 21.0. The lowest BCUT2D eigenvalue weighted by Crippen LogP contribution is -2.14. The van der Waals surface area contributed by atoms with Gasteiger partial charge >= 0.3 is 6.18 Å². The lowest BCUT2D eigenvalue weighted by Gasteiger charge is -2.10. The van der Waals surface area contributed by atoms with Crippen LogP contribution in [-0.2, 0) is 12.8 Å². The number of carbonyl (C=O) groups is 1. The number of ether oxygens (including phenoxy) is 1. The van der Waals surface area contributed by atoms with Crippen LogP contribution in [0.2, 0.25) is 0 Å². The summed E-state index contributed by atoms with van der Waals surface area (Å²) in [6, 6.07) is 12.8. The Balaban J connectivity index is 1.59. The van der Waals surface area contributed by atoms with Crippen LogP contribution >= 0.6 is 0 Å². The first kappa shape index (κ1) is 20.2. The zero-order valence-corrected chi connectivity index (χ0v) is 15.3. The molecular formula is C21H17F3N2O3. The summed E-state index contributed by atoms with van der Waals surface area (Å²) in [7, 11) is 0. The van der Waals surface area contributed by atoms with Gasteiger partial charge in [-0.2, -0.15) is 13.2 Å². The molecule has 0 atom stereocenters. The minimum absolute atomic E-state index is 0.0763. The van der Waals surface area contributed by atoms with Gasteiger partial charge in [0.1, 0.15) is 18.1 Å². The normalized spacial score (nSPS) is 11.2. The molecule has 0 aliphatic rings. The van der Waals surface area contributed by atoms with E-state index in [0.29, 0.717) is 22.6 Å². The molecular weight excluding hydrogens is 385 g/mol. The number of pyridine rings is 1. The summed E-state index contributed by atoms with van der Waals surface area (Å²) in [4.78, 5) is 16.1. The second-order valence-electron chi connectivity index (χ2n) is 6.29. The highest BCUT2D eigenvalue weighted by Gasteiger charge is 2.29. The number of alkyl halides is 3. The van der Waals surface area contributed by atoms with Crippen LogP contribution in [0.4, 0.5) is 18.9 Å². The van der Waals surface area contributed by atoms with Crippen molar-refractivity contribution in [3.8, 4) is 11.5 Å². The Kier molecular flexibility index (Phi) is 5.72. The second-order valence-corrected chi connectivity index (χ2v) is 6.29. The highest BCUT2D eigenvalue weighted by atomic mass is 19.4. The maximum atomic E-state index is 12.6. The molecule has 8 heteroatoms. The summed E-state index contributed by atoms with van der Waals surface area (Å²) < 4.78 is 43.3. The number of carbonyl (C=O) groups excluding carboxylic acids is 1. The Morgan fingerprint density at radius 2 is 1.72 bits per heavy atom. The number of nitrogens with zero attached hydrogens (tertiary/aromatic N) is 1. The van der Waals surface area contributed by atoms with Crippen molar-refractivity contribution in [2.24, 2.45) is 0 Å². The molecule has 1 aromatic heterocycles. The summed E-state index contributed by atoms with van der Waals surface area (Å²) in [6.07, 6.45) is -2.94. The highest BCUT2D eigenvalue weighted by Crippen LogP contribution is 2.29. The van der Waals surface area contributed by atoms with Gasteiger partial charge in [-0.05, 0) is 60.5 Å². The van der Waals surface area contributed by atoms with Crippen LogP contribution in [0.25, 0.3) is 0 Å². The Morgan fingerprint density at radius 3 is 2.34 bits per heavy atom. The van der Waals surface area contributed by atoms with E-state index in [1.807, 2.05) is 0 Å². The number of aryl methyl sites for hydroxylation is 1. The molecule has 2 N–H and O–H groups in total. The molecule has 0 bridgehead atoms. The molecule has 0 saturated carbocycles. The van der Waals surface area contributed by atoms with Crippen molar-refractivity contribution >= 4 is 11.6 Å². The Labute approximate surface area is 164 Å². The van der Waals surface area contributed by atoms with Gasteiger partial charge < -0.3 is 15.2 Å². The fourth-order valence-corrected chi connectivity index (χ4v) is 2.50. The maximum absolute atomic E-state index is 12.6. The van der Waals surface area contributed by atoms with Crippen molar-refractivity contribution in [1.82, 2.24) is 4.98 Å². The third-order valence-electron chi connectivity index (χ3n) is 4.14. The van der Waals surface area contributed by atoms with E-state index in [0.717, 1.165) is 12.1 Å². The molecule has 29 heavy (non-hydrogen) atoms. The van der Waals surface area contributed by atoms with Gasteiger partial charge in [-0.25, -0.2) is 4.98 Å². The molecule has 5 nitrogen and oxygen atoms in total. The van der Waals surface area contributed by atoms with E-state index in [1.54, 1.807) is 37.3 Å². The lowest BCUT2D eigenvalue weighted by atomic mass is 10.1. The monoisotopic (exact) mass is 402 g/mol. The Bertz CT molecular complexity index is 1000. The first-order chi connectivity index (χ1) is 13.7. The number of aromatic hydroxyl groups is 1. The molecule has 0 aliphatic heterocycles. The van der Waals surface area contributed by atoms with E-state index in [4.69, 9.17) is 4.74 Å². The molecule has 1 heterocycles. The predicted octanol–water partition coefficient (Wildman–Crippen LogP) is 4.95. The number of hydrogen-bond acceptors (Lipinski definition) is 4. The van der Waals surface area contributed by atoms with Gasteiger partial charge in [0, 0.05) is 11.9 Å². The Morgan fingerprint density at radius 1 is 1.07 bits per heavy atom. The van der Waals surface area contributed by atoms with Gasteiger partial charge in [-0.1, -0.05) is 12.1 Å². The third-order valence-corrected chi connectivity index (χ3v) is 4.14. The van der Waals surface area contributed by atoms with Crippen LogP contribution in [0.15, 0.2) is 60.8 Å². The van der Waals surface area contributed by atoms with E-state index in [2.05, 4.69) is 10.3 Å². The molecule has 3 rings (SSSR count). The molecule has 0 fully saturated rings. The lowest BCUT2D eigenvalue weighted by molar-refractivity contribution is -0.137. The summed E-state index contributed by atoms with van der Waals surface area (Å²) in [5.74, 6) is -0.245. The molecule has 0 unspecified atom stereocenters. The average Bonchev–Trinajstić information content (AvgIpc) is 2.69. The van der Waals surface area contributed by atoms with Gasteiger partial charge in [0.2, 0.25) is 0 Å². The van der Waals surface area contributed by atoms with E-state index >= 15 is 0 Å². The fourth-order valence-electron chi connectivity index (χ4n) is 2.50. The van der Waals surface area contributed by atoms with Gasteiger partial charge in [0.25, 0.3) is 5.91 Å². The first-order valence-electron chi connectivity index (χ1n) is 8.59. The van der Waals surface area contributed by atoms with E-state index in [1.165, 1.54) is 18.3 Å². The van der Waals surface area contributed by atoms with Crippen LogP contribution in [0.1, 0.15) is 27.2 Å². The number of rotatable bonds is 5. The number of halogens is 3. The summed E-state index contributed by atoms with van der Waals surface area (Å²) in [5, 5.41) is 12.5. The van der Waals surface area contributed by atoms with Crippen molar-refractivity contribution in [2.45, 2.75) is 19.7 Å².